The number of aryl methyl sites for hydroxylation is 2. The van der Waals surface area contributed by atoms with Gasteiger partial charge in [-0.3, -0.25) is 4.68 Å². The molecule has 2 unspecified atom stereocenters. The summed E-state index contributed by atoms with van der Waals surface area (Å²) in [5.41, 5.74) is -2.91. The van der Waals surface area contributed by atoms with E-state index in [1.165, 1.54) is 23.0 Å². The number of nitrogens with one attached hydrogen (secondary N) is 1. The van der Waals surface area contributed by atoms with Crippen molar-refractivity contribution in [3.63, 3.8) is 0 Å². The van der Waals surface area contributed by atoms with Crippen LogP contribution in [0.4, 0.5) is 28.0 Å². The second-order valence-electron chi connectivity index (χ2n) is 8.98. The molecule has 9 nitrogen and oxygen atoms in total. The third-order valence-electron chi connectivity index (χ3n) is 6.40. The van der Waals surface area contributed by atoms with Crippen molar-refractivity contribution >= 4 is 11.7 Å². The number of carbonyl (C=O) groups is 1. The molecule has 2 amide bonds. The van der Waals surface area contributed by atoms with Crippen LogP contribution in [0, 0.1) is 18.7 Å². The molecule has 3 heterocycles. The molecule has 34 heavy (non-hydrogen) atoms. The monoisotopic (exact) mass is 479 g/mol. The van der Waals surface area contributed by atoms with Crippen LogP contribution in [0.15, 0.2) is 22.9 Å². The first-order valence-corrected chi connectivity index (χ1v) is 10.7. The number of carbonyl (C=O) groups excluding carboxylic acids is 1. The molecule has 2 bridgehead atoms. The van der Waals surface area contributed by atoms with Gasteiger partial charge in [0.2, 0.25) is 11.8 Å². The summed E-state index contributed by atoms with van der Waals surface area (Å²) in [6.45, 7) is 3.70. The maximum Gasteiger partial charge on any atom is 0.417 e. The first kappa shape index (κ1) is 22.3. The van der Waals surface area contributed by atoms with Crippen LogP contribution in [0.1, 0.15) is 43.5 Å². The molecule has 0 spiro atoms. The van der Waals surface area contributed by atoms with E-state index in [0.717, 1.165) is 12.5 Å². The summed E-state index contributed by atoms with van der Waals surface area (Å²) in [7, 11) is 1.50. The Labute approximate surface area is 191 Å². The van der Waals surface area contributed by atoms with Gasteiger partial charge >= 0.3 is 12.2 Å². The van der Waals surface area contributed by atoms with Crippen molar-refractivity contribution in [3.05, 3.63) is 41.6 Å². The summed E-state index contributed by atoms with van der Waals surface area (Å²) in [6.07, 6.45) is -1.68. The summed E-state index contributed by atoms with van der Waals surface area (Å²) in [5, 5.41) is 14.3. The molecule has 1 aliphatic carbocycles. The SMILES string of the molecule is Cc1nnc(C23CC(C[C@H](C)C2)N3C(=O)Nc2cc(-c3ncn(C)n3)c(C(F)(F)F)cc2F)o1. The molecule has 1 aromatic carbocycles. The number of likely N-dealkylation sites (tertiary alicyclic amines) is 1. The van der Waals surface area contributed by atoms with Gasteiger partial charge in [0.05, 0.1) is 11.3 Å². The lowest BCUT2D eigenvalue weighted by molar-refractivity contribution is -0.137. The molecule has 180 valence electrons. The van der Waals surface area contributed by atoms with E-state index in [2.05, 4.69) is 32.5 Å². The average molecular weight is 479 g/mol. The van der Waals surface area contributed by atoms with Gasteiger partial charge < -0.3 is 14.6 Å². The van der Waals surface area contributed by atoms with Crippen LogP contribution in [-0.4, -0.2) is 41.9 Å². The molecule has 1 N–H and O–H groups in total. The van der Waals surface area contributed by atoms with E-state index in [1.807, 2.05) is 0 Å². The van der Waals surface area contributed by atoms with Crippen LogP contribution in [-0.2, 0) is 18.8 Å². The first-order chi connectivity index (χ1) is 16.0. The zero-order chi connectivity index (χ0) is 24.4. The van der Waals surface area contributed by atoms with Crippen molar-refractivity contribution in [2.45, 2.75) is 50.9 Å². The number of halogens is 4. The number of amides is 2. The van der Waals surface area contributed by atoms with Gasteiger partial charge in [0.25, 0.3) is 0 Å². The van der Waals surface area contributed by atoms with Crippen molar-refractivity contribution in [2.24, 2.45) is 13.0 Å². The van der Waals surface area contributed by atoms with Gasteiger partial charge in [0.15, 0.2) is 5.82 Å². The molecule has 5 rings (SSSR count). The fourth-order valence-corrected chi connectivity index (χ4v) is 5.16. The standard InChI is InChI=1S/C21H21F4N7O2/c1-10-4-12-8-20(7-10,18-29-28-11(2)34-18)32(12)19(33)27-16-5-13(17-26-9-31(3)30-17)14(6-15(16)22)21(23,24)25/h5-6,9-10,12H,4,7-8H2,1-3H3,(H,27,33)/t10-,12?,20?/m0/s1. The van der Waals surface area contributed by atoms with Crippen LogP contribution in [0.5, 0.6) is 0 Å². The molecule has 1 aliphatic heterocycles. The normalized spacial score (nSPS) is 24.1. The fraction of sp³-hybridized carbons (Fsp3) is 0.476. The number of rotatable bonds is 3. The van der Waals surface area contributed by atoms with E-state index in [9.17, 15) is 22.4 Å². The van der Waals surface area contributed by atoms with E-state index < -0.39 is 40.4 Å². The number of nitrogens with zero attached hydrogens (tertiary/aromatic N) is 6. The minimum atomic E-state index is -4.84. The lowest BCUT2D eigenvalue weighted by Crippen LogP contribution is -2.70. The number of piperidine rings is 1. The summed E-state index contributed by atoms with van der Waals surface area (Å²) in [5.74, 6) is -0.513. The van der Waals surface area contributed by atoms with E-state index in [4.69, 9.17) is 4.42 Å². The molecule has 2 aliphatic rings. The van der Waals surface area contributed by atoms with Crippen molar-refractivity contribution < 1.29 is 26.8 Å². The number of urea groups is 1. The Bertz CT molecular complexity index is 1270. The quantitative estimate of drug-likeness (QED) is 0.563. The van der Waals surface area contributed by atoms with Crippen LogP contribution in [0.2, 0.25) is 0 Å². The Morgan fingerprint density at radius 3 is 2.65 bits per heavy atom. The predicted octanol–water partition coefficient (Wildman–Crippen LogP) is 4.26. The Hall–Kier alpha value is -3.51. The van der Waals surface area contributed by atoms with Gasteiger partial charge in [0.1, 0.15) is 17.7 Å². The van der Waals surface area contributed by atoms with Crippen LogP contribution in [0.25, 0.3) is 11.4 Å². The highest BCUT2D eigenvalue weighted by Crippen LogP contribution is 2.55. The molecule has 2 fully saturated rings. The average Bonchev–Trinajstić information content (AvgIpc) is 3.36. The van der Waals surface area contributed by atoms with Crippen LogP contribution >= 0.6 is 0 Å². The van der Waals surface area contributed by atoms with E-state index in [1.54, 1.807) is 6.92 Å². The van der Waals surface area contributed by atoms with Gasteiger partial charge in [-0.05, 0) is 30.9 Å². The van der Waals surface area contributed by atoms with E-state index in [0.29, 0.717) is 36.6 Å². The van der Waals surface area contributed by atoms with Gasteiger partial charge in [-0.25, -0.2) is 14.2 Å². The number of fused-ring (bicyclic) bond motifs is 2. The molecular weight excluding hydrogens is 458 g/mol. The molecule has 1 saturated heterocycles. The second-order valence-corrected chi connectivity index (χ2v) is 8.98. The number of anilines is 1. The maximum absolute atomic E-state index is 14.8. The number of alkyl halides is 3. The van der Waals surface area contributed by atoms with Gasteiger partial charge in [-0.1, -0.05) is 6.92 Å². The summed E-state index contributed by atoms with van der Waals surface area (Å²) in [6, 6.07) is 0.466. The number of hydrogen-bond acceptors (Lipinski definition) is 6. The minimum Gasteiger partial charge on any atom is -0.423 e. The zero-order valence-electron chi connectivity index (χ0n) is 18.5. The lowest BCUT2D eigenvalue weighted by Gasteiger charge is -2.61. The predicted molar refractivity (Wildman–Crippen MR) is 110 cm³/mol. The molecule has 2 aromatic heterocycles. The van der Waals surface area contributed by atoms with Crippen molar-refractivity contribution in [1.82, 2.24) is 29.9 Å². The molecule has 3 aromatic rings. The highest BCUT2D eigenvalue weighted by Gasteiger charge is 2.62. The maximum atomic E-state index is 14.8. The summed E-state index contributed by atoms with van der Waals surface area (Å²) < 4.78 is 62.4. The molecular formula is C21H21F4N7O2. The first-order valence-electron chi connectivity index (χ1n) is 10.7. The Morgan fingerprint density at radius 2 is 2.03 bits per heavy atom. The third-order valence-corrected chi connectivity index (χ3v) is 6.40. The third kappa shape index (κ3) is 3.49. The molecule has 3 atom stereocenters. The number of benzene rings is 1. The molecule has 13 heteroatoms. The van der Waals surface area contributed by atoms with Crippen LogP contribution in [0.3, 0.4) is 0 Å². The second kappa shape index (κ2) is 7.50. The van der Waals surface area contributed by atoms with Crippen molar-refractivity contribution in [1.29, 1.82) is 0 Å². The summed E-state index contributed by atoms with van der Waals surface area (Å²) in [4.78, 5) is 18.7. The Morgan fingerprint density at radius 1 is 1.26 bits per heavy atom. The zero-order valence-corrected chi connectivity index (χ0v) is 18.5. The number of hydrogen-bond donors (Lipinski definition) is 1. The van der Waals surface area contributed by atoms with E-state index in [-0.39, 0.29) is 11.9 Å². The van der Waals surface area contributed by atoms with E-state index >= 15 is 0 Å². The largest absolute Gasteiger partial charge is 0.423 e. The number of aromatic nitrogens is 5. The highest BCUT2D eigenvalue weighted by molar-refractivity contribution is 5.92. The topological polar surface area (TPSA) is 102 Å². The molecule has 1 saturated carbocycles. The molecule has 0 radical (unpaired) electrons. The minimum absolute atomic E-state index is 0.134. The van der Waals surface area contributed by atoms with Gasteiger partial charge in [0, 0.05) is 32.0 Å². The van der Waals surface area contributed by atoms with Crippen molar-refractivity contribution in [3.8, 4) is 11.4 Å². The highest BCUT2D eigenvalue weighted by atomic mass is 19.4. The lowest BCUT2D eigenvalue weighted by atomic mass is 9.64. The Kier molecular flexibility index (Phi) is 4.92. The summed E-state index contributed by atoms with van der Waals surface area (Å²) >= 11 is 0. The fourth-order valence-electron chi connectivity index (χ4n) is 5.16. The smallest absolute Gasteiger partial charge is 0.417 e. The van der Waals surface area contributed by atoms with Crippen molar-refractivity contribution in [2.75, 3.05) is 5.32 Å². The van der Waals surface area contributed by atoms with Gasteiger partial charge in [-0.2, -0.15) is 18.3 Å². The van der Waals surface area contributed by atoms with Gasteiger partial charge in [-0.15, -0.1) is 10.2 Å². The Balaban J connectivity index is 1.50. The van der Waals surface area contributed by atoms with Crippen LogP contribution < -0.4 is 5.32 Å².